The lowest BCUT2D eigenvalue weighted by Gasteiger charge is -2.16. The Kier molecular flexibility index (Phi) is 6.42. The van der Waals surface area contributed by atoms with Gasteiger partial charge in [-0.1, -0.05) is 11.6 Å². The van der Waals surface area contributed by atoms with Crippen LogP contribution >= 0.6 is 11.6 Å². The van der Waals surface area contributed by atoms with Crippen molar-refractivity contribution < 1.29 is 18.3 Å². The van der Waals surface area contributed by atoms with Crippen molar-refractivity contribution in [2.45, 2.75) is 38.3 Å². The summed E-state index contributed by atoms with van der Waals surface area (Å²) in [7, 11) is -3.70. The maximum atomic E-state index is 12.3. The summed E-state index contributed by atoms with van der Waals surface area (Å²) in [6.07, 6.45) is 0. The van der Waals surface area contributed by atoms with Gasteiger partial charge >= 0.3 is 0 Å². The van der Waals surface area contributed by atoms with E-state index >= 15 is 0 Å². The molecule has 1 rings (SSSR count). The molecular formula is C13H20ClNO4S. The van der Waals surface area contributed by atoms with Gasteiger partial charge in [0.15, 0.2) is 0 Å². The molecule has 0 saturated heterocycles. The summed E-state index contributed by atoms with van der Waals surface area (Å²) in [5.41, 5.74) is 0.989. The van der Waals surface area contributed by atoms with Gasteiger partial charge in [0, 0.05) is 17.7 Å². The SMILES string of the molecule is CCOCC(C)NS(=O)(=O)c1cc(Cl)cc(CO)c1C. The van der Waals surface area contributed by atoms with Crippen molar-refractivity contribution in [3.63, 3.8) is 0 Å². The van der Waals surface area contributed by atoms with E-state index < -0.39 is 10.0 Å². The maximum Gasteiger partial charge on any atom is 0.241 e. The van der Waals surface area contributed by atoms with Gasteiger partial charge in [-0.2, -0.15) is 0 Å². The lowest BCUT2D eigenvalue weighted by Crippen LogP contribution is -2.36. The summed E-state index contributed by atoms with van der Waals surface area (Å²) in [6, 6.07) is 2.58. The lowest BCUT2D eigenvalue weighted by molar-refractivity contribution is 0.133. The molecule has 0 bridgehead atoms. The van der Waals surface area contributed by atoms with Gasteiger partial charge in [-0.3, -0.25) is 0 Å². The fourth-order valence-corrected chi connectivity index (χ4v) is 3.65. The molecule has 0 spiro atoms. The zero-order valence-electron chi connectivity index (χ0n) is 11.8. The summed E-state index contributed by atoms with van der Waals surface area (Å²) >= 11 is 5.90. The van der Waals surface area contributed by atoms with Crippen molar-refractivity contribution in [2.24, 2.45) is 0 Å². The first-order valence-corrected chi connectivity index (χ1v) is 8.17. The third kappa shape index (κ3) is 4.43. The molecule has 0 radical (unpaired) electrons. The molecule has 1 atom stereocenters. The Labute approximate surface area is 125 Å². The number of aliphatic hydroxyl groups excluding tert-OH is 1. The molecule has 0 heterocycles. The number of sulfonamides is 1. The highest BCUT2D eigenvalue weighted by molar-refractivity contribution is 7.89. The molecular weight excluding hydrogens is 302 g/mol. The van der Waals surface area contributed by atoms with Crippen LogP contribution in [0, 0.1) is 6.92 Å². The van der Waals surface area contributed by atoms with E-state index in [0.717, 1.165) is 0 Å². The Morgan fingerprint density at radius 2 is 2.10 bits per heavy atom. The Morgan fingerprint density at radius 1 is 1.45 bits per heavy atom. The fraction of sp³-hybridized carbons (Fsp3) is 0.538. The second kappa shape index (κ2) is 7.38. The van der Waals surface area contributed by atoms with Gasteiger partial charge in [0.2, 0.25) is 10.0 Å². The quantitative estimate of drug-likeness (QED) is 0.803. The monoisotopic (exact) mass is 321 g/mol. The van der Waals surface area contributed by atoms with Crippen LogP contribution in [0.25, 0.3) is 0 Å². The van der Waals surface area contributed by atoms with Crippen LogP contribution in [0.15, 0.2) is 17.0 Å². The standard InChI is InChI=1S/C13H20ClNO4S/c1-4-19-8-9(2)15-20(17,18)13-6-12(14)5-11(7-16)10(13)3/h5-6,9,15-16H,4,7-8H2,1-3H3. The van der Waals surface area contributed by atoms with Crippen LogP contribution in [0.1, 0.15) is 25.0 Å². The van der Waals surface area contributed by atoms with Gasteiger partial charge in [0.05, 0.1) is 18.1 Å². The Bertz CT molecular complexity index is 560. The van der Waals surface area contributed by atoms with Crippen LogP contribution in [-0.2, 0) is 21.4 Å². The second-order valence-electron chi connectivity index (χ2n) is 4.53. The number of ether oxygens (including phenoxy) is 1. The summed E-state index contributed by atoms with van der Waals surface area (Å²) < 4.78 is 32.4. The normalized spacial score (nSPS) is 13.4. The van der Waals surface area contributed by atoms with Gasteiger partial charge in [-0.25, -0.2) is 13.1 Å². The minimum absolute atomic E-state index is 0.0809. The van der Waals surface area contributed by atoms with Crippen LogP contribution in [-0.4, -0.2) is 32.8 Å². The number of aliphatic hydroxyl groups is 1. The molecule has 5 nitrogen and oxygen atoms in total. The number of hydrogen-bond acceptors (Lipinski definition) is 4. The molecule has 1 unspecified atom stereocenters. The number of benzene rings is 1. The summed E-state index contributed by atoms with van der Waals surface area (Å²) in [6.45, 7) is 5.77. The molecule has 1 aromatic carbocycles. The molecule has 0 aromatic heterocycles. The zero-order valence-corrected chi connectivity index (χ0v) is 13.4. The third-order valence-corrected chi connectivity index (χ3v) is 4.75. The highest BCUT2D eigenvalue weighted by atomic mass is 35.5. The molecule has 0 fully saturated rings. The third-order valence-electron chi connectivity index (χ3n) is 2.82. The van der Waals surface area contributed by atoms with E-state index in [1.807, 2.05) is 6.92 Å². The van der Waals surface area contributed by atoms with Crippen LogP contribution in [0.3, 0.4) is 0 Å². The number of nitrogens with one attached hydrogen (secondary N) is 1. The first kappa shape index (κ1) is 17.4. The molecule has 0 aliphatic carbocycles. The van der Waals surface area contributed by atoms with Gasteiger partial charge in [-0.05, 0) is 44.0 Å². The second-order valence-corrected chi connectivity index (χ2v) is 6.65. The van der Waals surface area contributed by atoms with E-state index in [4.69, 9.17) is 16.3 Å². The average molecular weight is 322 g/mol. The number of halogens is 1. The van der Waals surface area contributed by atoms with E-state index in [1.165, 1.54) is 6.07 Å². The maximum absolute atomic E-state index is 12.3. The van der Waals surface area contributed by atoms with Gasteiger partial charge in [-0.15, -0.1) is 0 Å². The predicted octanol–water partition coefficient (Wildman–Crippen LogP) is 1.84. The molecule has 0 aliphatic heterocycles. The fourth-order valence-electron chi connectivity index (χ4n) is 1.81. The molecule has 20 heavy (non-hydrogen) atoms. The minimum atomic E-state index is -3.70. The average Bonchev–Trinajstić information content (AvgIpc) is 2.37. The van der Waals surface area contributed by atoms with Gasteiger partial charge in [0.1, 0.15) is 0 Å². The molecule has 0 amide bonds. The first-order valence-electron chi connectivity index (χ1n) is 6.31. The van der Waals surface area contributed by atoms with Crippen molar-refractivity contribution in [1.29, 1.82) is 0 Å². The molecule has 2 N–H and O–H groups in total. The minimum Gasteiger partial charge on any atom is -0.392 e. The molecule has 0 aliphatic rings. The van der Waals surface area contributed by atoms with Gasteiger partial charge in [0.25, 0.3) is 0 Å². The highest BCUT2D eigenvalue weighted by Gasteiger charge is 2.21. The molecule has 1 aromatic rings. The Balaban J connectivity index is 3.06. The van der Waals surface area contributed by atoms with Crippen LogP contribution in [0.4, 0.5) is 0 Å². The van der Waals surface area contributed by atoms with E-state index in [9.17, 15) is 13.5 Å². The largest absolute Gasteiger partial charge is 0.392 e. The molecule has 114 valence electrons. The molecule has 0 saturated carbocycles. The number of hydrogen-bond donors (Lipinski definition) is 2. The molecule has 7 heteroatoms. The smallest absolute Gasteiger partial charge is 0.241 e. The van der Waals surface area contributed by atoms with Crippen molar-refractivity contribution >= 4 is 21.6 Å². The van der Waals surface area contributed by atoms with Crippen molar-refractivity contribution in [3.8, 4) is 0 Å². The Hall–Kier alpha value is -0.660. The van der Waals surface area contributed by atoms with E-state index in [-0.39, 0.29) is 22.6 Å². The van der Waals surface area contributed by atoms with E-state index in [0.29, 0.717) is 24.3 Å². The number of rotatable bonds is 7. The summed E-state index contributed by atoms with van der Waals surface area (Å²) in [5, 5.41) is 9.51. The summed E-state index contributed by atoms with van der Waals surface area (Å²) in [5.74, 6) is 0. The topological polar surface area (TPSA) is 75.6 Å². The van der Waals surface area contributed by atoms with Crippen LogP contribution in [0.5, 0.6) is 0 Å². The zero-order chi connectivity index (χ0) is 15.3. The first-order chi connectivity index (χ1) is 9.31. The lowest BCUT2D eigenvalue weighted by atomic mass is 10.1. The predicted molar refractivity (Wildman–Crippen MR) is 78.4 cm³/mol. The van der Waals surface area contributed by atoms with E-state index in [1.54, 1.807) is 19.9 Å². The van der Waals surface area contributed by atoms with Crippen molar-refractivity contribution in [3.05, 3.63) is 28.3 Å². The van der Waals surface area contributed by atoms with Crippen molar-refractivity contribution in [2.75, 3.05) is 13.2 Å². The summed E-state index contributed by atoms with van der Waals surface area (Å²) in [4.78, 5) is 0.0809. The van der Waals surface area contributed by atoms with Crippen LogP contribution in [0.2, 0.25) is 5.02 Å². The Morgan fingerprint density at radius 3 is 2.65 bits per heavy atom. The highest BCUT2D eigenvalue weighted by Crippen LogP contribution is 2.24. The van der Waals surface area contributed by atoms with Crippen molar-refractivity contribution in [1.82, 2.24) is 4.72 Å². The van der Waals surface area contributed by atoms with E-state index in [2.05, 4.69) is 4.72 Å². The van der Waals surface area contributed by atoms with Crippen LogP contribution < -0.4 is 4.72 Å². The van der Waals surface area contributed by atoms with Gasteiger partial charge < -0.3 is 9.84 Å².